The number of nitrogens with one attached hydrogen (secondary N) is 2. The number of hydrogen-bond donors (Lipinski definition) is 2. The average molecular weight is 760 g/mol. The number of benzene rings is 4. The van der Waals surface area contributed by atoms with Crippen LogP contribution in [0.25, 0.3) is 0 Å². The Morgan fingerprint density at radius 1 is 0.889 bits per heavy atom. The van der Waals surface area contributed by atoms with Gasteiger partial charge < -0.3 is 14.5 Å². The van der Waals surface area contributed by atoms with Crippen LogP contribution in [0.2, 0.25) is 18.1 Å². The number of hydrogen-bond acceptors (Lipinski definition) is 5. The molecule has 11 heteroatoms. The molecule has 0 saturated heterocycles. The third-order valence-corrected chi connectivity index (χ3v) is 18.2. The largest absolute Gasteiger partial charge is 0.466 e. The van der Waals surface area contributed by atoms with Gasteiger partial charge in [-0.15, -0.1) is 4.36 Å². The summed E-state index contributed by atoms with van der Waals surface area (Å²) in [4.78, 5) is 14.6. The Bertz CT molecular complexity index is 2220. The molecule has 54 heavy (non-hydrogen) atoms. The number of aromatic nitrogens is 2. The molecule has 0 spiro atoms. The Balaban J connectivity index is 1.28. The molecule has 0 fully saturated rings. The number of fused-ring (bicyclic) bond motifs is 3. The summed E-state index contributed by atoms with van der Waals surface area (Å²) < 4.78 is 39.5. The van der Waals surface area contributed by atoms with Crippen LogP contribution in [-0.2, 0) is 52.1 Å². The molecule has 3 aliphatic rings. The van der Waals surface area contributed by atoms with E-state index in [0.717, 1.165) is 59.2 Å². The number of amides is 2. The van der Waals surface area contributed by atoms with Gasteiger partial charge in [-0.1, -0.05) is 118 Å². The van der Waals surface area contributed by atoms with Gasteiger partial charge in [-0.25, -0.2) is 18.4 Å². The maximum absolute atomic E-state index is 16.2. The van der Waals surface area contributed by atoms with Gasteiger partial charge in [-0.05, 0) is 89.7 Å². The lowest BCUT2D eigenvalue weighted by Crippen LogP contribution is -2.48. The fourth-order valence-electron chi connectivity index (χ4n) is 7.51. The van der Waals surface area contributed by atoms with Crippen LogP contribution in [0.1, 0.15) is 66.6 Å². The molecule has 0 saturated carbocycles. The Labute approximate surface area is 319 Å². The quantitative estimate of drug-likeness (QED) is 0.109. The number of nitrogens with zero attached hydrogens (tertiary/aromatic N) is 3. The molecular formula is C43H49N5O4SSi. The first-order chi connectivity index (χ1) is 25.7. The highest BCUT2D eigenvalue weighted by molar-refractivity contribution is 7.92. The van der Waals surface area contributed by atoms with E-state index in [1.54, 1.807) is 4.68 Å². The van der Waals surface area contributed by atoms with Crippen molar-refractivity contribution < 1.29 is 18.2 Å². The zero-order chi connectivity index (χ0) is 37.9. The van der Waals surface area contributed by atoms with Crippen molar-refractivity contribution >= 4 is 30.0 Å². The first-order valence-corrected chi connectivity index (χ1v) is 23.2. The van der Waals surface area contributed by atoms with Crippen LogP contribution in [0.5, 0.6) is 5.88 Å². The van der Waals surface area contributed by atoms with E-state index >= 15 is 4.21 Å². The fraction of sp³-hybridized carbons (Fsp3) is 0.349. The van der Waals surface area contributed by atoms with Crippen LogP contribution in [0, 0.1) is 0 Å². The van der Waals surface area contributed by atoms with Crippen molar-refractivity contribution in [3.8, 4) is 5.88 Å². The molecule has 8 rings (SSSR count). The molecule has 9 nitrogen and oxygen atoms in total. The first-order valence-electron chi connectivity index (χ1n) is 18.8. The molecule has 4 aromatic carbocycles. The van der Waals surface area contributed by atoms with E-state index in [0.29, 0.717) is 19.0 Å². The van der Waals surface area contributed by atoms with Gasteiger partial charge in [-0.3, -0.25) is 0 Å². The van der Waals surface area contributed by atoms with Crippen molar-refractivity contribution in [3.05, 3.63) is 142 Å². The third kappa shape index (κ3) is 6.30. The molecule has 1 aliphatic heterocycles. The summed E-state index contributed by atoms with van der Waals surface area (Å²) in [5.41, 5.74) is 6.14. The lowest BCUT2D eigenvalue weighted by molar-refractivity contribution is 0.0449. The van der Waals surface area contributed by atoms with Gasteiger partial charge in [0.2, 0.25) is 5.88 Å². The Hall–Kier alpha value is -4.55. The van der Waals surface area contributed by atoms with Crippen molar-refractivity contribution in [2.45, 2.75) is 94.1 Å². The van der Waals surface area contributed by atoms with Gasteiger partial charge in [0, 0.05) is 5.69 Å². The second-order valence-corrected chi connectivity index (χ2v) is 23.3. The number of aryl methyl sites for hydroxylation is 2. The minimum Gasteiger partial charge on any atom is -0.466 e. The minimum absolute atomic E-state index is 0.0157. The molecule has 280 valence electrons. The summed E-state index contributed by atoms with van der Waals surface area (Å²) >= 11 is 0. The van der Waals surface area contributed by atoms with Crippen LogP contribution in [-0.4, -0.2) is 40.5 Å². The summed E-state index contributed by atoms with van der Waals surface area (Å²) in [5, 5.41) is 7.83. The molecule has 2 heterocycles. The normalized spacial score (nSPS) is 18.6. The number of rotatable bonds is 10. The summed E-state index contributed by atoms with van der Waals surface area (Å²) in [6.07, 6.45) is 5.30. The van der Waals surface area contributed by atoms with Gasteiger partial charge in [0.25, 0.3) is 0 Å². The third-order valence-electron chi connectivity index (χ3n) is 11.8. The van der Waals surface area contributed by atoms with E-state index in [9.17, 15) is 4.79 Å². The second kappa shape index (κ2) is 13.3. The molecule has 0 radical (unpaired) electrons. The summed E-state index contributed by atoms with van der Waals surface area (Å²) in [6, 6.07) is 31.2. The smallest absolute Gasteiger partial charge is 0.354 e. The molecular weight excluding hydrogens is 711 g/mol. The van der Waals surface area contributed by atoms with Crippen molar-refractivity contribution in [2.24, 2.45) is 4.36 Å². The Morgan fingerprint density at radius 3 is 1.87 bits per heavy atom. The lowest BCUT2D eigenvalue weighted by Gasteiger charge is -2.38. The standard InChI is InChI=1S/C43H49N5O4SSi/c1-41(2,3)54(5,6)51-29-42(4)28-48-39(52-42)37(27-44-48)53(50,46-40(49)45-38-35-24-22-30(35)26-31-23-25-36(31)38)47-43(32-16-10-7-11-17-32,33-18-12-8-13-19-33)34-20-14-9-15-21-34/h7-21,26-27H,22-25,28-29H2,1-6H3,(H2,45,46,47,49,50). The van der Waals surface area contributed by atoms with Crippen molar-refractivity contribution in [2.75, 3.05) is 11.9 Å². The number of urea groups is 1. The van der Waals surface area contributed by atoms with Crippen molar-refractivity contribution in [3.63, 3.8) is 0 Å². The Kier molecular flexibility index (Phi) is 8.99. The first kappa shape index (κ1) is 36.4. The van der Waals surface area contributed by atoms with E-state index in [4.69, 9.17) is 14.3 Å². The molecule has 1 aromatic heterocycles. The van der Waals surface area contributed by atoms with Crippen LogP contribution < -0.4 is 14.8 Å². The van der Waals surface area contributed by atoms with Crippen molar-refractivity contribution in [1.29, 1.82) is 0 Å². The SMILES string of the molecule is CC1(CO[Si](C)(C)C(C)(C)C)Cn2ncc(S(=O)(=NC(=O)Nc3c4c(cc5c3CC5)CC4)NC(c3ccccc3)(c3ccccc3)c3ccccc3)c2O1. The zero-order valence-electron chi connectivity index (χ0n) is 31.9. The predicted octanol–water partition coefficient (Wildman–Crippen LogP) is 8.81. The number of anilines is 1. The molecule has 0 bridgehead atoms. The Morgan fingerprint density at radius 2 is 1.41 bits per heavy atom. The topological polar surface area (TPSA) is 107 Å². The molecule has 2 atom stereocenters. The molecule has 2 unspecified atom stereocenters. The average Bonchev–Trinajstić information content (AvgIpc) is 3.66. The lowest BCUT2D eigenvalue weighted by atomic mass is 9.76. The van der Waals surface area contributed by atoms with Gasteiger partial charge in [0.15, 0.2) is 18.2 Å². The van der Waals surface area contributed by atoms with Crippen LogP contribution in [0.3, 0.4) is 0 Å². The van der Waals surface area contributed by atoms with Gasteiger partial charge in [0.05, 0.1) is 19.3 Å². The summed E-state index contributed by atoms with van der Waals surface area (Å²) in [6.45, 7) is 13.8. The highest BCUT2D eigenvalue weighted by atomic mass is 32.2. The number of carbonyl (C=O) groups excluding carboxylic acids is 1. The van der Waals surface area contributed by atoms with E-state index in [-0.39, 0.29) is 9.93 Å². The van der Waals surface area contributed by atoms with E-state index in [2.05, 4.69) is 54.3 Å². The highest BCUT2D eigenvalue weighted by Gasteiger charge is 2.46. The molecule has 2 N–H and O–H groups in total. The number of ether oxygens (including phenoxy) is 1. The van der Waals surface area contributed by atoms with Gasteiger partial charge in [-0.2, -0.15) is 5.10 Å². The predicted molar refractivity (Wildman–Crippen MR) is 216 cm³/mol. The van der Waals surface area contributed by atoms with Gasteiger partial charge >= 0.3 is 6.03 Å². The highest BCUT2D eigenvalue weighted by Crippen LogP contribution is 2.44. The molecule has 2 aliphatic carbocycles. The second-order valence-electron chi connectivity index (χ2n) is 16.6. The molecule has 2 amide bonds. The fourth-order valence-corrected chi connectivity index (χ4v) is 10.5. The van der Waals surface area contributed by atoms with Crippen LogP contribution in [0.15, 0.2) is 113 Å². The minimum atomic E-state index is -3.88. The van der Waals surface area contributed by atoms with Crippen LogP contribution >= 0.6 is 0 Å². The van der Waals surface area contributed by atoms with E-state index in [1.165, 1.54) is 17.3 Å². The van der Waals surface area contributed by atoms with E-state index in [1.807, 2.05) is 97.9 Å². The van der Waals surface area contributed by atoms with Crippen molar-refractivity contribution in [1.82, 2.24) is 14.5 Å². The maximum Gasteiger partial charge on any atom is 0.354 e. The maximum atomic E-state index is 16.2. The molecule has 5 aromatic rings. The summed E-state index contributed by atoms with van der Waals surface area (Å²) in [5.74, 6) is 0.307. The number of carbonyl (C=O) groups is 1. The van der Waals surface area contributed by atoms with E-state index < -0.39 is 35.4 Å². The zero-order valence-corrected chi connectivity index (χ0v) is 33.8. The van der Waals surface area contributed by atoms with Gasteiger partial charge in [0.1, 0.15) is 16.0 Å². The monoisotopic (exact) mass is 759 g/mol. The van der Waals surface area contributed by atoms with Crippen LogP contribution in [0.4, 0.5) is 10.5 Å². The summed E-state index contributed by atoms with van der Waals surface area (Å²) in [7, 11) is -5.99.